The van der Waals surface area contributed by atoms with Crippen LogP contribution in [0, 0.1) is 25.2 Å². The molecule has 3 heterocycles. The van der Waals surface area contributed by atoms with Crippen LogP contribution in [-0.2, 0) is 6.54 Å². The maximum absolute atomic E-state index is 9.36. The molecule has 4 aromatic rings. The zero-order valence-electron chi connectivity index (χ0n) is 17.9. The minimum atomic E-state index is 0.0946. The van der Waals surface area contributed by atoms with Crippen molar-refractivity contribution in [2.24, 2.45) is 0 Å². The van der Waals surface area contributed by atoms with Gasteiger partial charge < -0.3 is 24.5 Å². The number of benzene rings is 2. The molecule has 0 saturated heterocycles. The van der Waals surface area contributed by atoms with Crippen LogP contribution in [0.1, 0.15) is 22.5 Å². The van der Waals surface area contributed by atoms with Gasteiger partial charge in [-0.3, -0.25) is 0 Å². The smallest absolute Gasteiger partial charge is 0.231 e. The molecule has 1 aliphatic rings. The second kappa shape index (κ2) is 7.78. The lowest BCUT2D eigenvalue weighted by Gasteiger charge is -2.10. The number of anilines is 1. The molecule has 0 saturated carbocycles. The molecule has 0 amide bonds. The molecule has 1 aliphatic heterocycles. The van der Waals surface area contributed by atoms with Gasteiger partial charge in [0.1, 0.15) is 17.5 Å². The number of hydrogen-bond acceptors (Lipinski definition) is 7. The average molecular weight is 427 g/mol. The van der Waals surface area contributed by atoms with Gasteiger partial charge in [-0.2, -0.15) is 10.2 Å². The summed E-state index contributed by atoms with van der Waals surface area (Å²) in [6.07, 6.45) is 0. The first kappa shape index (κ1) is 19.7. The van der Waals surface area contributed by atoms with Gasteiger partial charge >= 0.3 is 0 Å². The first-order valence-electron chi connectivity index (χ1n) is 10.2. The number of fused-ring (bicyclic) bond motifs is 2. The third-order valence-corrected chi connectivity index (χ3v) is 5.54. The van der Waals surface area contributed by atoms with Crippen molar-refractivity contribution in [3.63, 3.8) is 0 Å². The summed E-state index contributed by atoms with van der Waals surface area (Å²) in [6.45, 7) is 4.63. The average Bonchev–Trinajstić information content (AvgIpc) is 3.42. The summed E-state index contributed by atoms with van der Waals surface area (Å²) in [5.74, 6) is 2.42. The van der Waals surface area contributed by atoms with Crippen LogP contribution in [0.4, 0.5) is 5.95 Å². The summed E-state index contributed by atoms with van der Waals surface area (Å²) in [5, 5.41) is 13.6. The minimum Gasteiger partial charge on any atom is -0.497 e. The van der Waals surface area contributed by atoms with Crippen LogP contribution in [0.2, 0.25) is 0 Å². The Labute approximate surface area is 184 Å². The summed E-state index contributed by atoms with van der Waals surface area (Å²) in [7, 11) is 1.65. The third-order valence-electron chi connectivity index (χ3n) is 5.54. The van der Waals surface area contributed by atoms with E-state index in [2.05, 4.69) is 21.4 Å². The van der Waals surface area contributed by atoms with Gasteiger partial charge in [0.15, 0.2) is 11.5 Å². The van der Waals surface area contributed by atoms with E-state index in [1.54, 1.807) is 13.2 Å². The number of nitriles is 1. The molecule has 0 unspecified atom stereocenters. The van der Waals surface area contributed by atoms with Gasteiger partial charge in [0.25, 0.3) is 0 Å². The number of methoxy groups -OCH3 is 1. The molecule has 0 atom stereocenters. The highest BCUT2D eigenvalue weighted by atomic mass is 16.7. The maximum atomic E-state index is 9.36. The Balaban J connectivity index is 1.51. The summed E-state index contributed by atoms with van der Waals surface area (Å²) in [6, 6.07) is 13.6. The van der Waals surface area contributed by atoms with Gasteiger partial charge in [0, 0.05) is 28.8 Å². The molecule has 0 radical (unpaired) electrons. The molecule has 0 bridgehead atoms. The third kappa shape index (κ3) is 3.24. The van der Waals surface area contributed by atoms with Crippen molar-refractivity contribution in [3.05, 3.63) is 58.9 Å². The van der Waals surface area contributed by atoms with Crippen LogP contribution in [-0.4, -0.2) is 28.9 Å². The lowest BCUT2D eigenvalue weighted by molar-refractivity contribution is 0.174. The predicted molar refractivity (Wildman–Crippen MR) is 120 cm³/mol. The molecule has 32 heavy (non-hydrogen) atoms. The normalized spacial score (nSPS) is 12.1. The molecule has 0 spiro atoms. The molecular weight excluding hydrogens is 406 g/mol. The summed E-state index contributed by atoms with van der Waals surface area (Å²) in [5.41, 5.74) is 5.86. The van der Waals surface area contributed by atoms with Crippen LogP contribution < -0.4 is 19.5 Å². The van der Waals surface area contributed by atoms with E-state index < -0.39 is 0 Å². The standard InChI is InChI=1S/C24H21N5O3/c1-13-19(18-9-6-16(10-25)21-22(18)32-12-31-21)20-14(2)28-24(29-23(20)27-13)26-11-15-4-7-17(30-3)8-5-15/h4-9H,11-12H2,1-3H3,(H2,26,27,28,29). The van der Waals surface area contributed by atoms with E-state index in [4.69, 9.17) is 19.2 Å². The lowest BCUT2D eigenvalue weighted by atomic mass is 9.99. The fraction of sp³-hybridized carbons (Fsp3) is 0.208. The highest BCUT2D eigenvalue weighted by Crippen LogP contribution is 2.46. The molecule has 2 N–H and O–H groups in total. The lowest BCUT2D eigenvalue weighted by Crippen LogP contribution is -2.05. The highest BCUT2D eigenvalue weighted by Gasteiger charge is 2.26. The molecule has 160 valence electrons. The number of aryl methyl sites for hydroxylation is 2. The van der Waals surface area contributed by atoms with Gasteiger partial charge in [0.2, 0.25) is 12.7 Å². The first-order chi connectivity index (χ1) is 15.6. The summed E-state index contributed by atoms with van der Waals surface area (Å²) >= 11 is 0. The summed E-state index contributed by atoms with van der Waals surface area (Å²) < 4.78 is 16.5. The highest BCUT2D eigenvalue weighted by molar-refractivity contribution is 6.00. The number of aromatic nitrogens is 3. The monoisotopic (exact) mass is 427 g/mol. The Hall–Kier alpha value is -4.25. The van der Waals surface area contributed by atoms with Gasteiger partial charge in [-0.05, 0) is 43.7 Å². The Bertz CT molecular complexity index is 1370. The van der Waals surface area contributed by atoms with Gasteiger partial charge in [-0.1, -0.05) is 12.1 Å². The van der Waals surface area contributed by atoms with Crippen molar-refractivity contribution in [1.82, 2.24) is 15.0 Å². The largest absolute Gasteiger partial charge is 0.497 e. The van der Waals surface area contributed by atoms with Gasteiger partial charge in [0.05, 0.1) is 18.4 Å². The van der Waals surface area contributed by atoms with Crippen molar-refractivity contribution in [2.75, 3.05) is 19.2 Å². The topological polar surface area (TPSA) is 105 Å². The van der Waals surface area contributed by atoms with E-state index in [0.717, 1.165) is 44.9 Å². The molecule has 8 nitrogen and oxygen atoms in total. The molecular formula is C24H21N5O3. The van der Waals surface area contributed by atoms with E-state index >= 15 is 0 Å². The van der Waals surface area contributed by atoms with Crippen LogP contribution in [0.25, 0.3) is 22.2 Å². The van der Waals surface area contributed by atoms with E-state index in [9.17, 15) is 5.26 Å². The fourth-order valence-corrected chi connectivity index (χ4v) is 4.01. The zero-order valence-corrected chi connectivity index (χ0v) is 17.9. The van der Waals surface area contributed by atoms with E-state index in [0.29, 0.717) is 29.6 Å². The van der Waals surface area contributed by atoms with Crippen LogP contribution in [0.3, 0.4) is 0 Å². The number of H-pyrrole nitrogens is 1. The SMILES string of the molecule is COc1ccc(CNc2nc(C)c3c(-c4ccc(C#N)c5c4OCO5)c(C)[nH]c3n2)cc1. The van der Waals surface area contributed by atoms with Gasteiger partial charge in [-0.15, -0.1) is 0 Å². The predicted octanol–water partition coefficient (Wildman–Crippen LogP) is 4.46. The van der Waals surface area contributed by atoms with Crippen molar-refractivity contribution < 1.29 is 14.2 Å². The van der Waals surface area contributed by atoms with Crippen molar-refractivity contribution in [3.8, 4) is 34.4 Å². The number of hydrogen-bond donors (Lipinski definition) is 2. The molecule has 2 aromatic carbocycles. The Morgan fingerprint density at radius 3 is 2.62 bits per heavy atom. The van der Waals surface area contributed by atoms with Crippen molar-refractivity contribution in [2.45, 2.75) is 20.4 Å². The number of aromatic amines is 1. The molecule has 5 rings (SSSR count). The number of nitrogens with zero attached hydrogens (tertiary/aromatic N) is 3. The van der Waals surface area contributed by atoms with Gasteiger partial charge in [-0.25, -0.2) is 4.98 Å². The quantitative estimate of drug-likeness (QED) is 0.484. The summed E-state index contributed by atoms with van der Waals surface area (Å²) in [4.78, 5) is 12.7. The Morgan fingerprint density at radius 2 is 1.88 bits per heavy atom. The van der Waals surface area contributed by atoms with Crippen LogP contribution in [0.15, 0.2) is 36.4 Å². The van der Waals surface area contributed by atoms with Crippen molar-refractivity contribution >= 4 is 17.0 Å². The second-order valence-electron chi connectivity index (χ2n) is 7.52. The fourth-order valence-electron chi connectivity index (χ4n) is 4.01. The number of nitrogens with one attached hydrogen (secondary N) is 2. The molecule has 0 aliphatic carbocycles. The molecule has 2 aromatic heterocycles. The van der Waals surface area contributed by atoms with E-state index in [-0.39, 0.29) is 6.79 Å². The molecule has 0 fully saturated rings. The maximum Gasteiger partial charge on any atom is 0.231 e. The van der Waals surface area contributed by atoms with Crippen LogP contribution in [0.5, 0.6) is 17.2 Å². The number of ether oxygens (including phenoxy) is 3. The minimum absolute atomic E-state index is 0.0946. The van der Waals surface area contributed by atoms with Crippen molar-refractivity contribution in [1.29, 1.82) is 5.26 Å². The second-order valence-corrected chi connectivity index (χ2v) is 7.52. The van der Waals surface area contributed by atoms with E-state index in [1.807, 2.05) is 44.2 Å². The zero-order chi connectivity index (χ0) is 22.2. The Morgan fingerprint density at radius 1 is 1.09 bits per heavy atom. The number of rotatable bonds is 5. The first-order valence-corrected chi connectivity index (χ1v) is 10.2. The Kier molecular flexibility index (Phi) is 4.79. The van der Waals surface area contributed by atoms with Crippen LogP contribution >= 0.6 is 0 Å². The van der Waals surface area contributed by atoms with E-state index in [1.165, 1.54) is 0 Å². The molecule has 8 heteroatoms.